The average Bonchev–Trinajstić information content (AvgIpc) is 2.13. The van der Waals surface area contributed by atoms with Crippen LogP contribution in [0.5, 0.6) is 0 Å². The van der Waals surface area contributed by atoms with Gasteiger partial charge in [-0.15, -0.1) is 0 Å². The first-order valence-electron chi connectivity index (χ1n) is 5.35. The summed E-state index contributed by atoms with van der Waals surface area (Å²) in [6.07, 6.45) is 1.88. The first-order chi connectivity index (χ1) is 6.92. The fourth-order valence-corrected chi connectivity index (χ4v) is 2.74. The van der Waals surface area contributed by atoms with Crippen molar-refractivity contribution in [3.63, 3.8) is 0 Å². The second-order valence-corrected chi connectivity index (χ2v) is 5.01. The van der Waals surface area contributed by atoms with Gasteiger partial charge in [0.25, 0.3) is 0 Å². The molecule has 15 heavy (non-hydrogen) atoms. The number of cyclic esters (lactones) is 1. The van der Waals surface area contributed by atoms with Crippen LogP contribution in [0.4, 0.5) is 0 Å². The topological polar surface area (TPSA) is 43.4 Å². The Hall–Kier alpha value is -1.12. The standard InChI is InChI=1S/C12H16O3/c1-7-9-6-8(13)4-5-10(9)12(2,3)15-11(7)14/h9-10H,1,4-6H2,2-3H3/t9-,10-/m1/s1. The van der Waals surface area contributed by atoms with E-state index in [2.05, 4.69) is 6.58 Å². The number of rotatable bonds is 0. The molecule has 82 valence electrons. The molecule has 2 fully saturated rings. The molecule has 2 rings (SSSR count). The summed E-state index contributed by atoms with van der Waals surface area (Å²) < 4.78 is 5.34. The molecule has 2 aliphatic rings. The lowest BCUT2D eigenvalue weighted by Crippen LogP contribution is -2.49. The average molecular weight is 208 g/mol. The molecule has 1 saturated carbocycles. The minimum absolute atomic E-state index is 0.00231. The number of ketones is 1. The van der Waals surface area contributed by atoms with Crippen molar-refractivity contribution >= 4 is 11.8 Å². The van der Waals surface area contributed by atoms with E-state index in [9.17, 15) is 9.59 Å². The van der Waals surface area contributed by atoms with Crippen LogP contribution < -0.4 is 0 Å². The van der Waals surface area contributed by atoms with Crippen LogP contribution in [0.15, 0.2) is 12.2 Å². The van der Waals surface area contributed by atoms with E-state index in [4.69, 9.17) is 4.74 Å². The first-order valence-corrected chi connectivity index (χ1v) is 5.35. The molecular weight excluding hydrogens is 192 g/mol. The van der Waals surface area contributed by atoms with Gasteiger partial charge in [0.2, 0.25) is 0 Å². The number of Topliss-reactive ketones (excluding diaryl/α,β-unsaturated/α-hetero) is 1. The summed E-state index contributed by atoms with van der Waals surface area (Å²) in [5.41, 5.74) is 0.0243. The quantitative estimate of drug-likeness (QED) is 0.451. The minimum Gasteiger partial charge on any atom is -0.456 e. The molecule has 1 aliphatic heterocycles. The van der Waals surface area contributed by atoms with Crippen molar-refractivity contribution in [3.8, 4) is 0 Å². The van der Waals surface area contributed by atoms with Crippen molar-refractivity contribution < 1.29 is 14.3 Å². The van der Waals surface area contributed by atoms with E-state index < -0.39 is 5.60 Å². The van der Waals surface area contributed by atoms with Gasteiger partial charge in [-0.2, -0.15) is 0 Å². The van der Waals surface area contributed by atoms with Gasteiger partial charge in [0, 0.05) is 30.3 Å². The number of ether oxygens (including phenoxy) is 1. The molecule has 3 heteroatoms. The van der Waals surface area contributed by atoms with Gasteiger partial charge >= 0.3 is 5.97 Å². The van der Waals surface area contributed by atoms with E-state index in [0.29, 0.717) is 18.4 Å². The second kappa shape index (κ2) is 3.19. The Morgan fingerprint density at radius 3 is 2.73 bits per heavy atom. The predicted octanol–water partition coefficient (Wildman–Crippen LogP) is 1.86. The highest BCUT2D eigenvalue weighted by Gasteiger charge is 2.48. The zero-order valence-corrected chi connectivity index (χ0v) is 9.21. The lowest BCUT2D eigenvalue weighted by atomic mass is 9.66. The Balaban J connectivity index is 2.31. The van der Waals surface area contributed by atoms with Crippen LogP contribution >= 0.6 is 0 Å². The van der Waals surface area contributed by atoms with Crippen molar-refractivity contribution in [1.82, 2.24) is 0 Å². The summed E-state index contributed by atoms with van der Waals surface area (Å²) in [7, 11) is 0. The predicted molar refractivity (Wildman–Crippen MR) is 55.1 cm³/mol. The molecule has 0 N–H and O–H groups in total. The van der Waals surface area contributed by atoms with Crippen molar-refractivity contribution in [2.24, 2.45) is 11.8 Å². The summed E-state index contributed by atoms with van der Waals surface area (Å²) in [6.45, 7) is 7.60. The van der Waals surface area contributed by atoms with Crippen molar-refractivity contribution in [2.45, 2.75) is 38.7 Å². The van der Waals surface area contributed by atoms with E-state index in [1.165, 1.54) is 0 Å². The Labute approximate surface area is 89.5 Å². The van der Waals surface area contributed by atoms with E-state index in [-0.39, 0.29) is 23.6 Å². The highest BCUT2D eigenvalue weighted by Crippen LogP contribution is 2.45. The molecule has 0 aromatic carbocycles. The van der Waals surface area contributed by atoms with Gasteiger partial charge in [-0.25, -0.2) is 4.79 Å². The molecule has 0 aromatic rings. The fourth-order valence-electron chi connectivity index (χ4n) is 2.74. The van der Waals surface area contributed by atoms with Crippen LogP contribution in [-0.4, -0.2) is 17.4 Å². The van der Waals surface area contributed by atoms with Crippen molar-refractivity contribution in [1.29, 1.82) is 0 Å². The number of hydrogen-bond acceptors (Lipinski definition) is 3. The van der Waals surface area contributed by atoms with Gasteiger partial charge in [0.05, 0.1) is 0 Å². The number of hydrogen-bond donors (Lipinski definition) is 0. The van der Waals surface area contributed by atoms with Gasteiger partial charge in [0.15, 0.2) is 0 Å². The number of fused-ring (bicyclic) bond motifs is 1. The Kier molecular flexibility index (Phi) is 2.21. The second-order valence-electron chi connectivity index (χ2n) is 5.01. The van der Waals surface area contributed by atoms with Crippen LogP contribution in [0, 0.1) is 11.8 Å². The summed E-state index contributed by atoms with van der Waals surface area (Å²) in [4.78, 5) is 22.9. The van der Waals surface area contributed by atoms with E-state index >= 15 is 0 Å². The summed E-state index contributed by atoms with van der Waals surface area (Å²) in [6, 6.07) is 0. The minimum atomic E-state index is -0.455. The normalized spacial score (nSPS) is 34.7. The van der Waals surface area contributed by atoms with Gasteiger partial charge in [0.1, 0.15) is 11.4 Å². The molecule has 2 atom stereocenters. The van der Waals surface area contributed by atoms with Gasteiger partial charge in [-0.05, 0) is 20.3 Å². The first kappa shape index (κ1) is 10.4. The highest BCUT2D eigenvalue weighted by molar-refractivity contribution is 5.91. The molecule has 0 radical (unpaired) electrons. The molecule has 1 heterocycles. The zero-order valence-electron chi connectivity index (χ0n) is 9.21. The zero-order chi connectivity index (χ0) is 11.2. The third kappa shape index (κ3) is 1.60. The third-order valence-corrected chi connectivity index (χ3v) is 3.63. The van der Waals surface area contributed by atoms with Crippen LogP contribution in [0.1, 0.15) is 33.1 Å². The number of esters is 1. The number of carbonyl (C=O) groups excluding carboxylic acids is 2. The van der Waals surface area contributed by atoms with E-state index in [1.54, 1.807) is 0 Å². The van der Waals surface area contributed by atoms with Gasteiger partial charge in [-0.3, -0.25) is 4.79 Å². The highest BCUT2D eigenvalue weighted by atomic mass is 16.6. The van der Waals surface area contributed by atoms with Crippen LogP contribution in [-0.2, 0) is 14.3 Å². The van der Waals surface area contributed by atoms with Gasteiger partial charge < -0.3 is 4.74 Å². The Morgan fingerprint density at radius 1 is 1.40 bits per heavy atom. The molecule has 1 saturated heterocycles. The lowest BCUT2D eigenvalue weighted by molar-refractivity contribution is -0.170. The monoisotopic (exact) mass is 208 g/mol. The Morgan fingerprint density at radius 2 is 2.07 bits per heavy atom. The van der Waals surface area contributed by atoms with Crippen molar-refractivity contribution in [2.75, 3.05) is 0 Å². The van der Waals surface area contributed by atoms with Crippen LogP contribution in [0.25, 0.3) is 0 Å². The van der Waals surface area contributed by atoms with E-state index in [1.807, 2.05) is 13.8 Å². The van der Waals surface area contributed by atoms with Gasteiger partial charge in [-0.1, -0.05) is 6.58 Å². The molecule has 0 aromatic heterocycles. The maximum Gasteiger partial charge on any atom is 0.334 e. The molecule has 0 amide bonds. The number of carbonyl (C=O) groups is 2. The molecular formula is C12H16O3. The van der Waals surface area contributed by atoms with Crippen LogP contribution in [0.2, 0.25) is 0 Å². The fraction of sp³-hybridized carbons (Fsp3) is 0.667. The molecule has 0 spiro atoms. The third-order valence-electron chi connectivity index (χ3n) is 3.63. The maximum atomic E-state index is 11.5. The maximum absolute atomic E-state index is 11.5. The molecule has 0 bridgehead atoms. The lowest BCUT2D eigenvalue weighted by Gasteiger charge is -2.45. The largest absolute Gasteiger partial charge is 0.456 e. The molecule has 0 unspecified atom stereocenters. The Bertz CT molecular complexity index is 341. The summed E-state index contributed by atoms with van der Waals surface area (Å²) in [5, 5.41) is 0. The molecule has 1 aliphatic carbocycles. The van der Waals surface area contributed by atoms with Crippen molar-refractivity contribution in [3.05, 3.63) is 12.2 Å². The smallest absolute Gasteiger partial charge is 0.334 e. The molecule has 3 nitrogen and oxygen atoms in total. The summed E-state index contributed by atoms with van der Waals surface area (Å²) >= 11 is 0. The van der Waals surface area contributed by atoms with E-state index in [0.717, 1.165) is 6.42 Å². The summed E-state index contributed by atoms with van der Waals surface area (Å²) in [5.74, 6) is 0.154. The van der Waals surface area contributed by atoms with Crippen LogP contribution in [0.3, 0.4) is 0 Å². The SMILES string of the molecule is C=C1C(=O)OC(C)(C)[C@@H]2CCC(=O)C[C@H]12.